The minimum atomic E-state index is -0.221. The van der Waals surface area contributed by atoms with Gasteiger partial charge in [0, 0.05) is 13.6 Å². The number of aromatic nitrogens is 2. The van der Waals surface area contributed by atoms with Gasteiger partial charge in [-0.2, -0.15) is 0 Å². The quantitative estimate of drug-likeness (QED) is 0.856. The van der Waals surface area contributed by atoms with Gasteiger partial charge >= 0.3 is 0 Å². The number of hydrogen-bond donors (Lipinski definition) is 1. The maximum Gasteiger partial charge on any atom is 0.206 e. The highest BCUT2D eigenvalue weighted by molar-refractivity contribution is 7.73. The Morgan fingerprint density at radius 3 is 2.69 bits per heavy atom. The number of nitrogens with one attached hydrogen (secondary N) is 1. The van der Waals surface area contributed by atoms with Crippen LogP contribution in [0.2, 0.25) is 0 Å². The van der Waals surface area contributed by atoms with Crippen LogP contribution in [0.1, 0.15) is 5.56 Å². The maximum absolute atomic E-state index is 12.7. The molecule has 84 valence electrons. The highest BCUT2D eigenvalue weighted by atomic mass is 32.1. The Labute approximate surface area is 102 Å². The molecule has 0 amide bonds. The maximum atomic E-state index is 12.7. The number of nitrogens with zero attached hydrogens (tertiary/aromatic N) is 2. The third-order valence-electron chi connectivity index (χ3n) is 2.09. The van der Waals surface area contributed by atoms with Crippen molar-refractivity contribution in [1.29, 1.82) is 0 Å². The van der Waals surface area contributed by atoms with Gasteiger partial charge in [0.05, 0.1) is 0 Å². The third kappa shape index (κ3) is 2.65. The average molecular weight is 255 g/mol. The summed E-state index contributed by atoms with van der Waals surface area (Å²) >= 11 is 6.38. The number of rotatable bonds is 3. The lowest BCUT2D eigenvalue weighted by Crippen LogP contribution is -2.16. The molecule has 0 aliphatic carbocycles. The molecule has 0 aliphatic rings. The van der Waals surface area contributed by atoms with Crippen LogP contribution < -0.4 is 4.90 Å². The van der Waals surface area contributed by atoms with Crippen molar-refractivity contribution < 1.29 is 4.39 Å². The SMILES string of the molecule is CN(Cc1ccc(F)cc1)c1n[nH]c(=S)s1. The van der Waals surface area contributed by atoms with Crippen molar-refractivity contribution >= 4 is 28.7 Å². The Morgan fingerprint density at radius 1 is 1.44 bits per heavy atom. The Bertz CT molecular complexity index is 517. The first-order chi connectivity index (χ1) is 7.65. The smallest absolute Gasteiger partial charge is 0.206 e. The number of aromatic amines is 1. The molecule has 3 nitrogen and oxygen atoms in total. The van der Waals surface area contributed by atoms with E-state index in [-0.39, 0.29) is 5.82 Å². The fraction of sp³-hybridized carbons (Fsp3) is 0.200. The molecule has 1 aromatic heterocycles. The summed E-state index contributed by atoms with van der Waals surface area (Å²) in [5.41, 5.74) is 1.03. The van der Waals surface area contributed by atoms with Crippen LogP contribution in [-0.2, 0) is 6.54 Å². The largest absolute Gasteiger partial charge is 0.345 e. The fourth-order valence-electron chi connectivity index (χ4n) is 1.32. The molecule has 0 radical (unpaired) electrons. The molecule has 1 N–H and O–H groups in total. The predicted octanol–water partition coefficient (Wildman–Crippen LogP) is 2.98. The standard InChI is InChI=1S/C10H10FN3S2/c1-14(9-12-13-10(15)16-9)6-7-2-4-8(11)5-3-7/h2-5H,6H2,1H3,(H,13,15). The second-order valence-corrected chi connectivity index (χ2v) is 5.02. The Balaban J connectivity index is 2.10. The van der Waals surface area contributed by atoms with Gasteiger partial charge in [0.25, 0.3) is 0 Å². The van der Waals surface area contributed by atoms with Crippen molar-refractivity contribution in [3.05, 3.63) is 39.6 Å². The summed E-state index contributed by atoms with van der Waals surface area (Å²) in [6.45, 7) is 0.677. The normalized spacial score (nSPS) is 10.4. The van der Waals surface area contributed by atoms with Gasteiger partial charge in [-0.05, 0) is 29.9 Å². The number of benzene rings is 1. The van der Waals surface area contributed by atoms with Gasteiger partial charge in [0.2, 0.25) is 5.13 Å². The molecule has 1 aromatic carbocycles. The van der Waals surface area contributed by atoms with Crippen LogP contribution in [0.4, 0.5) is 9.52 Å². The summed E-state index contributed by atoms with van der Waals surface area (Å²) in [6.07, 6.45) is 0. The van der Waals surface area contributed by atoms with Gasteiger partial charge in [-0.15, -0.1) is 5.10 Å². The monoisotopic (exact) mass is 255 g/mol. The Morgan fingerprint density at radius 2 is 2.12 bits per heavy atom. The summed E-state index contributed by atoms with van der Waals surface area (Å²) in [7, 11) is 1.92. The van der Waals surface area contributed by atoms with Crippen LogP contribution >= 0.6 is 23.6 Å². The van der Waals surface area contributed by atoms with Crippen molar-refractivity contribution in [2.45, 2.75) is 6.54 Å². The zero-order chi connectivity index (χ0) is 11.5. The van der Waals surface area contributed by atoms with Crippen molar-refractivity contribution in [3.8, 4) is 0 Å². The third-order valence-corrected chi connectivity index (χ3v) is 3.29. The zero-order valence-corrected chi connectivity index (χ0v) is 10.2. The first-order valence-electron chi connectivity index (χ1n) is 4.66. The van der Waals surface area contributed by atoms with Gasteiger partial charge in [-0.1, -0.05) is 23.5 Å². The van der Waals surface area contributed by atoms with E-state index in [2.05, 4.69) is 10.2 Å². The first-order valence-corrected chi connectivity index (χ1v) is 5.89. The molecule has 0 aliphatic heterocycles. The van der Waals surface area contributed by atoms with E-state index in [1.165, 1.54) is 23.5 Å². The molecule has 0 bridgehead atoms. The summed E-state index contributed by atoms with van der Waals surface area (Å²) in [6, 6.07) is 6.43. The second kappa shape index (κ2) is 4.71. The summed E-state index contributed by atoms with van der Waals surface area (Å²) in [5, 5.41) is 7.62. The van der Waals surface area contributed by atoms with Gasteiger partial charge < -0.3 is 4.90 Å². The lowest BCUT2D eigenvalue weighted by atomic mass is 10.2. The summed E-state index contributed by atoms with van der Waals surface area (Å²) in [4.78, 5) is 1.96. The van der Waals surface area contributed by atoms with Crippen LogP contribution in [0.15, 0.2) is 24.3 Å². The van der Waals surface area contributed by atoms with Crippen molar-refractivity contribution in [3.63, 3.8) is 0 Å². The van der Waals surface area contributed by atoms with Crippen molar-refractivity contribution in [2.24, 2.45) is 0 Å². The topological polar surface area (TPSA) is 31.9 Å². The highest BCUT2D eigenvalue weighted by Gasteiger charge is 2.05. The van der Waals surface area contributed by atoms with E-state index in [0.717, 1.165) is 10.7 Å². The van der Waals surface area contributed by atoms with Gasteiger partial charge in [-0.25, -0.2) is 4.39 Å². The summed E-state index contributed by atoms with van der Waals surface area (Å²) < 4.78 is 13.4. The number of hydrogen-bond acceptors (Lipinski definition) is 4. The van der Waals surface area contributed by atoms with E-state index in [0.29, 0.717) is 10.5 Å². The number of H-pyrrole nitrogens is 1. The summed E-state index contributed by atoms with van der Waals surface area (Å²) in [5.74, 6) is -0.221. The molecule has 1 heterocycles. The molecule has 2 aromatic rings. The van der Waals surface area contributed by atoms with E-state index in [1.54, 1.807) is 12.1 Å². The molecule has 16 heavy (non-hydrogen) atoms. The Hall–Kier alpha value is -1.27. The molecule has 0 saturated heterocycles. The van der Waals surface area contributed by atoms with Crippen LogP contribution in [0.25, 0.3) is 0 Å². The molecule has 0 saturated carbocycles. The molecular weight excluding hydrogens is 245 g/mol. The zero-order valence-electron chi connectivity index (χ0n) is 8.61. The second-order valence-electron chi connectivity index (χ2n) is 3.38. The van der Waals surface area contributed by atoms with E-state index >= 15 is 0 Å². The van der Waals surface area contributed by atoms with Gasteiger partial charge in [0.15, 0.2) is 3.95 Å². The molecule has 2 rings (SSSR count). The number of anilines is 1. The molecule has 6 heteroatoms. The van der Waals surface area contributed by atoms with E-state index in [9.17, 15) is 4.39 Å². The van der Waals surface area contributed by atoms with Gasteiger partial charge in [0.1, 0.15) is 5.82 Å². The van der Waals surface area contributed by atoms with E-state index in [1.807, 2.05) is 11.9 Å². The van der Waals surface area contributed by atoms with E-state index in [4.69, 9.17) is 12.2 Å². The fourth-order valence-corrected chi connectivity index (χ4v) is 2.15. The van der Waals surface area contributed by atoms with Gasteiger partial charge in [-0.3, -0.25) is 5.10 Å². The highest BCUT2D eigenvalue weighted by Crippen LogP contribution is 2.18. The molecule has 0 atom stereocenters. The lowest BCUT2D eigenvalue weighted by molar-refractivity contribution is 0.627. The predicted molar refractivity (Wildman–Crippen MR) is 65.8 cm³/mol. The van der Waals surface area contributed by atoms with Crippen LogP contribution in [-0.4, -0.2) is 17.2 Å². The van der Waals surface area contributed by atoms with Crippen LogP contribution in [0, 0.1) is 9.77 Å². The first kappa shape index (κ1) is 11.2. The van der Waals surface area contributed by atoms with Crippen molar-refractivity contribution in [2.75, 3.05) is 11.9 Å². The molecule has 0 spiro atoms. The lowest BCUT2D eigenvalue weighted by Gasteiger charge is -2.14. The minimum absolute atomic E-state index is 0.221. The molecule has 0 unspecified atom stereocenters. The van der Waals surface area contributed by atoms with Crippen LogP contribution in [0.3, 0.4) is 0 Å². The minimum Gasteiger partial charge on any atom is -0.345 e. The number of halogens is 1. The molecular formula is C10H10FN3S2. The van der Waals surface area contributed by atoms with Crippen molar-refractivity contribution in [1.82, 2.24) is 10.2 Å². The van der Waals surface area contributed by atoms with Crippen LogP contribution in [0.5, 0.6) is 0 Å². The average Bonchev–Trinajstić information content (AvgIpc) is 2.68. The molecule has 0 fully saturated rings. The Kier molecular flexibility index (Phi) is 3.31. The van der Waals surface area contributed by atoms with E-state index < -0.39 is 0 Å².